The van der Waals surface area contributed by atoms with Crippen molar-refractivity contribution in [1.82, 2.24) is 9.97 Å². The monoisotopic (exact) mass is 329 g/mol. The van der Waals surface area contributed by atoms with Crippen LogP contribution in [0.4, 0.5) is 0 Å². The largest absolute Gasteiger partial charge is 0.496 e. The number of nitrogens with zero attached hydrogens (tertiary/aromatic N) is 1. The third-order valence-electron chi connectivity index (χ3n) is 4.19. The second-order valence-corrected chi connectivity index (χ2v) is 6.69. The summed E-state index contributed by atoms with van der Waals surface area (Å²) in [5, 5.41) is 0.633. The second-order valence-electron chi connectivity index (χ2n) is 6.25. The first-order valence-electron chi connectivity index (χ1n) is 7.49. The summed E-state index contributed by atoms with van der Waals surface area (Å²) < 4.78 is 5.41. The number of fused-ring (bicyclic) bond motifs is 1. The fourth-order valence-corrected chi connectivity index (χ4v) is 2.69. The Bertz CT molecular complexity index is 855. The Morgan fingerprint density at radius 3 is 2.70 bits per heavy atom. The third kappa shape index (κ3) is 2.92. The molecule has 0 unspecified atom stereocenters. The fourth-order valence-electron chi connectivity index (χ4n) is 2.53. The molecule has 0 saturated heterocycles. The van der Waals surface area contributed by atoms with Gasteiger partial charge in [0.25, 0.3) is 0 Å². The Labute approximate surface area is 140 Å². The zero-order valence-corrected chi connectivity index (χ0v) is 14.2. The van der Waals surface area contributed by atoms with Gasteiger partial charge in [0.15, 0.2) is 0 Å². The van der Waals surface area contributed by atoms with Crippen molar-refractivity contribution in [1.29, 1.82) is 0 Å². The summed E-state index contributed by atoms with van der Waals surface area (Å²) in [6.45, 7) is 4.84. The molecule has 3 aromatic rings. The van der Waals surface area contributed by atoms with Gasteiger partial charge < -0.3 is 15.5 Å². The molecule has 0 saturated carbocycles. The molecule has 4 nitrogen and oxygen atoms in total. The maximum absolute atomic E-state index is 6.03. The van der Waals surface area contributed by atoms with E-state index in [0.29, 0.717) is 17.3 Å². The van der Waals surface area contributed by atoms with E-state index in [0.717, 1.165) is 22.4 Å². The van der Waals surface area contributed by atoms with E-state index in [1.54, 1.807) is 13.2 Å². The molecule has 1 heterocycles. The first-order valence-corrected chi connectivity index (χ1v) is 7.86. The molecule has 0 radical (unpaired) electrons. The highest BCUT2D eigenvalue weighted by Crippen LogP contribution is 2.32. The number of aromatic nitrogens is 2. The lowest BCUT2D eigenvalue weighted by Gasteiger charge is -2.22. The van der Waals surface area contributed by atoms with Crippen molar-refractivity contribution in [3.05, 3.63) is 47.0 Å². The van der Waals surface area contributed by atoms with Crippen LogP contribution in [-0.4, -0.2) is 23.6 Å². The highest BCUT2D eigenvalue weighted by Gasteiger charge is 2.19. The van der Waals surface area contributed by atoms with Crippen LogP contribution in [0.15, 0.2) is 36.4 Å². The number of methoxy groups -OCH3 is 1. The molecule has 120 valence electrons. The standard InChI is InChI=1S/C18H20ClN3O/c1-18(2,10-20)11-4-7-14-15(8-11)22-17(21-14)13-6-5-12(19)9-16(13)23-3/h4-9H,10,20H2,1-3H3,(H,21,22). The average Bonchev–Trinajstić information content (AvgIpc) is 2.97. The van der Waals surface area contributed by atoms with Crippen LogP contribution in [0.1, 0.15) is 19.4 Å². The van der Waals surface area contributed by atoms with Crippen LogP contribution in [0.3, 0.4) is 0 Å². The molecular formula is C18H20ClN3O. The predicted octanol–water partition coefficient (Wildman–Crippen LogP) is 4.13. The molecule has 0 spiro atoms. The highest BCUT2D eigenvalue weighted by molar-refractivity contribution is 6.30. The number of nitrogens with one attached hydrogen (secondary N) is 1. The summed E-state index contributed by atoms with van der Waals surface area (Å²) in [5.74, 6) is 1.45. The highest BCUT2D eigenvalue weighted by atomic mass is 35.5. The Hall–Kier alpha value is -2.04. The van der Waals surface area contributed by atoms with Crippen molar-refractivity contribution in [3.8, 4) is 17.1 Å². The van der Waals surface area contributed by atoms with Crippen LogP contribution in [0, 0.1) is 0 Å². The normalized spacial score (nSPS) is 11.9. The van der Waals surface area contributed by atoms with E-state index in [1.807, 2.05) is 18.2 Å². The maximum atomic E-state index is 6.03. The minimum absolute atomic E-state index is 0.0781. The molecule has 3 rings (SSSR count). The van der Waals surface area contributed by atoms with Crippen molar-refractivity contribution in [2.45, 2.75) is 19.3 Å². The summed E-state index contributed by atoms with van der Waals surface area (Å²) >= 11 is 6.03. The predicted molar refractivity (Wildman–Crippen MR) is 95.2 cm³/mol. The van der Waals surface area contributed by atoms with Crippen LogP contribution in [0.2, 0.25) is 5.02 Å². The van der Waals surface area contributed by atoms with Crippen LogP contribution >= 0.6 is 11.6 Å². The molecule has 1 aromatic heterocycles. The zero-order valence-electron chi connectivity index (χ0n) is 13.5. The third-order valence-corrected chi connectivity index (χ3v) is 4.43. The number of hydrogen-bond acceptors (Lipinski definition) is 3. The van der Waals surface area contributed by atoms with Crippen molar-refractivity contribution in [2.24, 2.45) is 5.73 Å². The molecular weight excluding hydrogens is 310 g/mol. The summed E-state index contributed by atoms with van der Waals surface area (Å²) in [4.78, 5) is 8.05. The van der Waals surface area contributed by atoms with Gasteiger partial charge in [0.2, 0.25) is 0 Å². The minimum Gasteiger partial charge on any atom is -0.496 e. The number of H-pyrrole nitrogens is 1. The van der Waals surface area contributed by atoms with E-state index >= 15 is 0 Å². The van der Waals surface area contributed by atoms with Gasteiger partial charge in [0.1, 0.15) is 11.6 Å². The van der Waals surface area contributed by atoms with Gasteiger partial charge in [-0.1, -0.05) is 31.5 Å². The summed E-state index contributed by atoms with van der Waals surface area (Å²) in [6.07, 6.45) is 0. The number of ether oxygens (including phenoxy) is 1. The van der Waals surface area contributed by atoms with Crippen LogP contribution in [-0.2, 0) is 5.41 Å². The quantitative estimate of drug-likeness (QED) is 0.756. The number of nitrogens with two attached hydrogens (primary N) is 1. The molecule has 0 aliphatic carbocycles. The molecule has 23 heavy (non-hydrogen) atoms. The Morgan fingerprint density at radius 2 is 2.00 bits per heavy atom. The molecule has 0 amide bonds. The van der Waals surface area contributed by atoms with E-state index in [9.17, 15) is 0 Å². The average molecular weight is 330 g/mol. The molecule has 0 aliphatic rings. The van der Waals surface area contributed by atoms with Gasteiger partial charge in [0.05, 0.1) is 23.7 Å². The molecule has 0 atom stereocenters. The van der Waals surface area contributed by atoms with Gasteiger partial charge in [-0.25, -0.2) is 4.98 Å². The lowest BCUT2D eigenvalue weighted by Crippen LogP contribution is -2.27. The van der Waals surface area contributed by atoms with E-state index < -0.39 is 0 Å². The van der Waals surface area contributed by atoms with E-state index in [-0.39, 0.29) is 5.41 Å². The number of aromatic amines is 1. The topological polar surface area (TPSA) is 63.9 Å². The number of benzene rings is 2. The van der Waals surface area contributed by atoms with E-state index in [4.69, 9.17) is 27.1 Å². The van der Waals surface area contributed by atoms with Crippen molar-refractivity contribution >= 4 is 22.6 Å². The smallest absolute Gasteiger partial charge is 0.142 e. The van der Waals surface area contributed by atoms with E-state index in [1.165, 1.54) is 5.56 Å². The SMILES string of the molecule is COc1cc(Cl)ccc1-c1nc2cc(C(C)(C)CN)ccc2[nH]1. The van der Waals surface area contributed by atoms with Gasteiger partial charge in [-0.05, 0) is 35.9 Å². The van der Waals surface area contributed by atoms with Crippen LogP contribution in [0.5, 0.6) is 5.75 Å². The fraction of sp³-hybridized carbons (Fsp3) is 0.278. The Kier molecular flexibility index (Phi) is 4.04. The van der Waals surface area contributed by atoms with Gasteiger partial charge >= 0.3 is 0 Å². The second kappa shape index (κ2) is 5.87. The Morgan fingerprint density at radius 1 is 1.22 bits per heavy atom. The van der Waals surface area contributed by atoms with E-state index in [2.05, 4.69) is 31.0 Å². The summed E-state index contributed by atoms with van der Waals surface area (Å²) in [6, 6.07) is 11.7. The van der Waals surface area contributed by atoms with Gasteiger partial charge in [-0.2, -0.15) is 0 Å². The molecule has 3 N–H and O–H groups in total. The molecule has 2 aromatic carbocycles. The first-order chi connectivity index (χ1) is 10.9. The van der Waals surface area contributed by atoms with Gasteiger partial charge in [-0.3, -0.25) is 0 Å². The van der Waals surface area contributed by atoms with Crippen molar-refractivity contribution < 1.29 is 4.74 Å². The Balaban J connectivity index is 2.11. The van der Waals surface area contributed by atoms with Crippen molar-refractivity contribution in [3.63, 3.8) is 0 Å². The molecule has 5 heteroatoms. The van der Waals surface area contributed by atoms with Gasteiger partial charge in [0, 0.05) is 17.0 Å². The summed E-state index contributed by atoms with van der Waals surface area (Å²) in [7, 11) is 1.62. The van der Waals surface area contributed by atoms with Gasteiger partial charge in [-0.15, -0.1) is 0 Å². The lowest BCUT2D eigenvalue weighted by atomic mass is 9.85. The zero-order chi connectivity index (χ0) is 16.6. The maximum Gasteiger partial charge on any atom is 0.142 e. The molecule has 0 fully saturated rings. The minimum atomic E-state index is -0.0781. The number of rotatable bonds is 4. The van der Waals surface area contributed by atoms with Crippen molar-refractivity contribution in [2.75, 3.05) is 13.7 Å². The molecule has 0 bridgehead atoms. The first kappa shape index (κ1) is 15.8. The number of halogens is 1. The van der Waals surface area contributed by atoms with Crippen LogP contribution in [0.25, 0.3) is 22.4 Å². The number of imidazole rings is 1. The van der Waals surface area contributed by atoms with Crippen LogP contribution < -0.4 is 10.5 Å². The lowest BCUT2D eigenvalue weighted by molar-refractivity contribution is 0.416. The molecule has 0 aliphatic heterocycles. The number of hydrogen-bond donors (Lipinski definition) is 2. The summed E-state index contributed by atoms with van der Waals surface area (Å²) in [5.41, 5.74) is 9.75.